The summed E-state index contributed by atoms with van der Waals surface area (Å²) in [6.45, 7) is 0. The summed E-state index contributed by atoms with van der Waals surface area (Å²) in [6, 6.07) is 6.98. The van der Waals surface area contributed by atoms with Crippen LogP contribution >= 0.6 is 0 Å². The van der Waals surface area contributed by atoms with E-state index in [1.54, 1.807) is 50.8 Å². The van der Waals surface area contributed by atoms with E-state index in [2.05, 4.69) is 25.6 Å². The number of aromatic nitrogens is 3. The number of rotatable bonds is 6. The lowest BCUT2D eigenvalue weighted by atomic mass is 10.1. The van der Waals surface area contributed by atoms with Crippen LogP contribution in [0.5, 0.6) is 5.75 Å². The Balaban J connectivity index is 1.55. The second-order valence-electron chi connectivity index (χ2n) is 7.57. The number of amides is 1. The summed E-state index contributed by atoms with van der Waals surface area (Å²) < 4.78 is 36.8. The highest BCUT2D eigenvalue weighted by Gasteiger charge is 2.48. The van der Waals surface area contributed by atoms with Crippen LogP contribution in [0, 0.1) is 11.8 Å². The molecule has 2 atom stereocenters. The largest absolute Gasteiger partial charge is 0.497 e. The first kappa shape index (κ1) is 20.1. The zero-order valence-electron chi connectivity index (χ0n) is 17.2. The fourth-order valence-electron chi connectivity index (χ4n) is 3.74. The third-order valence-electron chi connectivity index (χ3n) is 5.59. The van der Waals surface area contributed by atoms with Gasteiger partial charge in [-0.25, -0.2) is 23.7 Å². The number of pyridine rings is 2. The number of nitrogens with one attached hydrogen (secondary N) is 2. The van der Waals surface area contributed by atoms with E-state index in [-0.39, 0.29) is 12.2 Å². The SMILES string of the molecule is CNc1ncc(-c2nc3cc(OC)ccc3o2)c2cc(NC(=O)[C@@H]3CC3C(F)F)ncc12. The van der Waals surface area contributed by atoms with Crippen molar-refractivity contribution in [2.75, 3.05) is 24.8 Å². The van der Waals surface area contributed by atoms with E-state index >= 15 is 0 Å². The predicted octanol–water partition coefficient (Wildman–Crippen LogP) is 4.33. The van der Waals surface area contributed by atoms with E-state index in [1.165, 1.54) is 0 Å². The van der Waals surface area contributed by atoms with Crippen molar-refractivity contribution in [3.05, 3.63) is 36.7 Å². The van der Waals surface area contributed by atoms with Crippen LogP contribution in [0.15, 0.2) is 41.1 Å². The molecule has 3 aromatic heterocycles. The molecule has 0 radical (unpaired) electrons. The first-order valence-electron chi connectivity index (χ1n) is 9.99. The lowest BCUT2D eigenvalue weighted by Gasteiger charge is -2.10. The Hall–Kier alpha value is -3.82. The minimum Gasteiger partial charge on any atom is -0.497 e. The van der Waals surface area contributed by atoms with Crippen molar-refractivity contribution in [3.63, 3.8) is 0 Å². The van der Waals surface area contributed by atoms with Gasteiger partial charge in [-0.2, -0.15) is 0 Å². The van der Waals surface area contributed by atoms with E-state index in [0.29, 0.717) is 44.9 Å². The normalized spacial score (nSPS) is 17.7. The lowest BCUT2D eigenvalue weighted by Crippen LogP contribution is -2.17. The number of alkyl halides is 2. The van der Waals surface area contributed by atoms with Crippen molar-refractivity contribution in [2.45, 2.75) is 12.8 Å². The molecule has 0 bridgehead atoms. The molecule has 4 aromatic rings. The molecule has 10 heteroatoms. The van der Waals surface area contributed by atoms with Crippen LogP contribution in [0.2, 0.25) is 0 Å². The molecule has 1 aliphatic carbocycles. The van der Waals surface area contributed by atoms with E-state index in [1.807, 2.05) is 0 Å². The summed E-state index contributed by atoms with van der Waals surface area (Å²) in [5, 5.41) is 7.04. The van der Waals surface area contributed by atoms with Crippen LogP contribution in [0.1, 0.15) is 6.42 Å². The van der Waals surface area contributed by atoms with Gasteiger partial charge in [0.2, 0.25) is 18.2 Å². The molecule has 0 spiro atoms. The summed E-state index contributed by atoms with van der Waals surface area (Å²) in [5.41, 5.74) is 1.81. The quantitative estimate of drug-likeness (QED) is 0.461. The molecular formula is C22H19F2N5O3. The molecule has 0 aliphatic heterocycles. The Morgan fingerprint density at radius 3 is 2.78 bits per heavy atom. The number of nitrogens with zero attached hydrogens (tertiary/aromatic N) is 3. The molecule has 1 saturated carbocycles. The number of carbonyl (C=O) groups excluding carboxylic acids is 1. The second kappa shape index (κ2) is 7.70. The van der Waals surface area contributed by atoms with Crippen LogP contribution in [0.3, 0.4) is 0 Å². The van der Waals surface area contributed by atoms with Crippen LogP contribution < -0.4 is 15.4 Å². The van der Waals surface area contributed by atoms with Crippen LogP contribution in [0.4, 0.5) is 20.4 Å². The Bertz CT molecular complexity index is 1340. The predicted molar refractivity (Wildman–Crippen MR) is 115 cm³/mol. The molecule has 1 aliphatic rings. The minimum atomic E-state index is -2.50. The summed E-state index contributed by atoms with van der Waals surface area (Å²) >= 11 is 0. The van der Waals surface area contributed by atoms with Gasteiger partial charge in [-0.05, 0) is 24.6 Å². The van der Waals surface area contributed by atoms with Gasteiger partial charge in [0.25, 0.3) is 0 Å². The summed E-state index contributed by atoms with van der Waals surface area (Å²) in [7, 11) is 3.31. The van der Waals surface area contributed by atoms with Crippen LogP contribution in [-0.2, 0) is 4.79 Å². The molecule has 0 saturated heterocycles. The van der Waals surface area contributed by atoms with Gasteiger partial charge in [0.15, 0.2) is 5.58 Å². The van der Waals surface area contributed by atoms with Gasteiger partial charge in [-0.15, -0.1) is 0 Å². The van der Waals surface area contributed by atoms with Crippen molar-refractivity contribution in [2.24, 2.45) is 11.8 Å². The Morgan fingerprint density at radius 2 is 2.06 bits per heavy atom. The molecule has 3 heterocycles. The van der Waals surface area contributed by atoms with E-state index < -0.39 is 24.2 Å². The molecule has 1 amide bonds. The third kappa shape index (κ3) is 3.47. The number of hydrogen-bond donors (Lipinski definition) is 2. The van der Waals surface area contributed by atoms with Gasteiger partial charge in [-0.3, -0.25) is 4.79 Å². The highest BCUT2D eigenvalue weighted by Crippen LogP contribution is 2.44. The first-order valence-corrected chi connectivity index (χ1v) is 9.99. The summed E-state index contributed by atoms with van der Waals surface area (Å²) in [6.07, 6.45) is 0.873. The average Bonchev–Trinajstić information content (AvgIpc) is 3.51. The van der Waals surface area contributed by atoms with Gasteiger partial charge in [-0.1, -0.05) is 0 Å². The zero-order chi connectivity index (χ0) is 22.4. The Morgan fingerprint density at radius 1 is 1.22 bits per heavy atom. The maximum Gasteiger partial charge on any atom is 0.242 e. The maximum absolute atomic E-state index is 12.8. The first-order chi connectivity index (χ1) is 15.5. The Kier molecular flexibility index (Phi) is 4.84. The van der Waals surface area contributed by atoms with Gasteiger partial charge in [0.1, 0.15) is 22.9 Å². The minimum absolute atomic E-state index is 0.183. The molecule has 1 unspecified atom stereocenters. The highest BCUT2D eigenvalue weighted by molar-refractivity contribution is 6.03. The fourth-order valence-corrected chi connectivity index (χ4v) is 3.74. The number of carbonyl (C=O) groups is 1. The van der Waals surface area contributed by atoms with Crippen molar-refractivity contribution >= 4 is 39.4 Å². The highest BCUT2D eigenvalue weighted by atomic mass is 19.3. The molecular weight excluding hydrogens is 420 g/mol. The van der Waals surface area contributed by atoms with Crippen molar-refractivity contribution < 1.29 is 22.7 Å². The molecule has 2 N–H and O–H groups in total. The van der Waals surface area contributed by atoms with Crippen molar-refractivity contribution in [3.8, 4) is 17.2 Å². The van der Waals surface area contributed by atoms with E-state index in [0.717, 1.165) is 0 Å². The lowest BCUT2D eigenvalue weighted by molar-refractivity contribution is -0.118. The number of halogens is 2. The van der Waals surface area contributed by atoms with Gasteiger partial charge >= 0.3 is 0 Å². The number of oxazole rings is 1. The van der Waals surface area contributed by atoms with Crippen molar-refractivity contribution in [1.29, 1.82) is 0 Å². The second-order valence-corrected chi connectivity index (χ2v) is 7.57. The monoisotopic (exact) mass is 439 g/mol. The van der Waals surface area contributed by atoms with E-state index in [4.69, 9.17) is 9.15 Å². The zero-order valence-corrected chi connectivity index (χ0v) is 17.2. The fraction of sp³-hybridized carbons (Fsp3) is 0.273. The van der Waals surface area contributed by atoms with Crippen LogP contribution in [-0.4, -0.2) is 41.4 Å². The number of hydrogen-bond acceptors (Lipinski definition) is 7. The smallest absolute Gasteiger partial charge is 0.242 e. The van der Waals surface area contributed by atoms with E-state index in [9.17, 15) is 13.6 Å². The molecule has 32 heavy (non-hydrogen) atoms. The number of ether oxygens (including phenoxy) is 1. The summed E-state index contributed by atoms with van der Waals surface area (Å²) in [4.78, 5) is 25.6. The number of anilines is 2. The van der Waals surface area contributed by atoms with Crippen molar-refractivity contribution in [1.82, 2.24) is 15.0 Å². The van der Waals surface area contributed by atoms with Crippen LogP contribution in [0.25, 0.3) is 33.3 Å². The average molecular weight is 439 g/mol. The van der Waals surface area contributed by atoms with Gasteiger partial charge < -0.3 is 19.8 Å². The summed E-state index contributed by atoms with van der Waals surface area (Å²) in [5.74, 6) is -0.187. The standard InChI is InChI=1S/C22H19F2N5O3/c1-25-20-14-8-26-18(29-21(30)13-6-12(13)19(23)24)7-11(14)15(9-27-20)22-28-16-5-10(31-2)3-4-17(16)32-22/h3-5,7-9,12-13,19H,6H2,1-2H3,(H,25,27)(H,26,29,30)/t12?,13-/m1/s1. The number of fused-ring (bicyclic) bond motifs is 2. The molecule has 164 valence electrons. The molecule has 5 rings (SSSR count). The number of methoxy groups -OCH3 is 1. The third-order valence-corrected chi connectivity index (χ3v) is 5.59. The Labute approximate surface area is 181 Å². The van der Waals surface area contributed by atoms with Gasteiger partial charge in [0.05, 0.1) is 12.7 Å². The molecule has 8 nitrogen and oxygen atoms in total. The van der Waals surface area contributed by atoms with Gasteiger partial charge in [0, 0.05) is 48.1 Å². The maximum atomic E-state index is 12.8. The number of benzene rings is 1. The topological polar surface area (TPSA) is 102 Å². The molecule has 1 fully saturated rings. The molecule has 1 aromatic carbocycles.